The van der Waals surface area contributed by atoms with Crippen molar-refractivity contribution >= 4 is 80.1 Å². The van der Waals surface area contributed by atoms with Gasteiger partial charge in [-0.3, -0.25) is 14.5 Å². The molecule has 6 nitrogen and oxygen atoms in total. The number of hydrogen-bond donors (Lipinski definition) is 0. The lowest BCUT2D eigenvalue weighted by atomic mass is 10.1. The van der Waals surface area contributed by atoms with E-state index >= 15 is 0 Å². The molecule has 0 radical (unpaired) electrons. The van der Waals surface area contributed by atoms with E-state index in [0.29, 0.717) is 31.1 Å². The van der Waals surface area contributed by atoms with Crippen molar-refractivity contribution in [3.05, 3.63) is 95.0 Å². The van der Waals surface area contributed by atoms with Crippen LogP contribution in [0.5, 0.6) is 11.5 Å². The Hall–Kier alpha value is -2.38. The fourth-order valence-electron chi connectivity index (χ4n) is 3.32. The molecule has 3 aromatic carbocycles. The zero-order valence-electron chi connectivity index (χ0n) is 18.7. The second-order valence-corrected chi connectivity index (χ2v) is 11.1. The molecular weight excluding hydrogens is 692 g/mol. The molecular formula is C26H19I2NO5S. The van der Waals surface area contributed by atoms with Crippen molar-refractivity contribution in [1.82, 2.24) is 4.90 Å². The minimum absolute atomic E-state index is 0.216. The molecule has 1 aliphatic rings. The summed E-state index contributed by atoms with van der Waals surface area (Å²) in [6.07, 6.45) is 1.65. The summed E-state index contributed by atoms with van der Waals surface area (Å²) in [5.74, 6) is -0.197. The second kappa shape index (κ2) is 11.1. The lowest BCUT2D eigenvalue weighted by Crippen LogP contribution is -2.27. The van der Waals surface area contributed by atoms with Gasteiger partial charge in [-0.25, -0.2) is 4.79 Å². The molecule has 0 atom stereocenters. The Bertz CT molecular complexity index is 1340. The summed E-state index contributed by atoms with van der Waals surface area (Å²) in [5, 5.41) is -0.315. The maximum absolute atomic E-state index is 12.9. The van der Waals surface area contributed by atoms with Crippen molar-refractivity contribution in [3.63, 3.8) is 0 Å². The van der Waals surface area contributed by atoms with E-state index < -0.39 is 5.97 Å². The van der Waals surface area contributed by atoms with Crippen LogP contribution in [-0.2, 0) is 11.3 Å². The molecule has 1 heterocycles. The van der Waals surface area contributed by atoms with Crippen LogP contribution in [0.15, 0.2) is 65.6 Å². The second-order valence-electron chi connectivity index (χ2n) is 7.68. The number of imide groups is 1. The Morgan fingerprint density at radius 3 is 2.37 bits per heavy atom. The van der Waals surface area contributed by atoms with Gasteiger partial charge in [0.2, 0.25) is 0 Å². The smallest absolute Gasteiger partial charge is 0.343 e. The van der Waals surface area contributed by atoms with Gasteiger partial charge in [-0.2, -0.15) is 0 Å². The normalized spacial score (nSPS) is 14.5. The molecule has 4 rings (SSSR count). The van der Waals surface area contributed by atoms with Crippen LogP contribution in [0.4, 0.5) is 4.79 Å². The molecule has 0 aromatic heterocycles. The number of carbonyl (C=O) groups is 3. The van der Waals surface area contributed by atoms with Gasteiger partial charge in [0.25, 0.3) is 11.1 Å². The minimum atomic E-state index is -0.495. The third kappa shape index (κ3) is 6.07. The maximum atomic E-state index is 12.9. The topological polar surface area (TPSA) is 72.9 Å². The fourth-order valence-corrected chi connectivity index (χ4v) is 5.26. The average Bonchev–Trinajstić information content (AvgIpc) is 3.09. The summed E-state index contributed by atoms with van der Waals surface area (Å²) in [4.78, 5) is 39.6. The molecule has 1 fully saturated rings. The molecule has 0 unspecified atom stereocenters. The quantitative estimate of drug-likeness (QED) is 0.123. The SMILES string of the molecule is COc1cc(/C=C2\SC(=O)N(Cc3ccc(I)cc3)C2=O)cc(I)c1OC(=O)c1ccc(C)cc1. The summed E-state index contributed by atoms with van der Waals surface area (Å²) in [6.45, 7) is 2.16. The van der Waals surface area contributed by atoms with Gasteiger partial charge in [0.15, 0.2) is 11.5 Å². The lowest BCUT2D eigenvalue weighted by molar-refractivity contribution is -0.123. The molecule has 2 amide bonds. The third-order valence-corrected chi connectivity index (χ3v) is 7.59. The van der Waals surface area contributed by atoms with Crippen LogP contribution in [0.1, 0.15) is 27.0 Å². The minimum Gasteiger partial charge on any atom is -0.493 e. The van der Waals surface area contributed by atoms with Crippen LogP contribution < -0.4 is 9.47 Å². The van der Waals surface area contributed by atoms with E-state index in [2.05, 4.69) is 45.2 Å². The monoisotopic (exact) mass is 711 g/mol. The highest BCUT2D eigenvalue weighted by Crippen LogP contribution is 2.38. The summed E-state index contributed by atoms with van der Waals surface area (Å²) >= 11 is 5.16. The van der Waals surface area contributed by atoms with Gasteiger partial charge in [0.05, 0.1) is 27.7 Å². The summed E-state index contributed by atoms with van der Waals surface area (Å²) in [7, 11) is 1.48. The number of thioether (sulfide) groups is 1. The van der Waals surface area contributed by atoms with Gasteiger partial charge >= 0.3 is 5.97 Å². The van der Waals surface area contributed by atoms with Crippen LogP contribution in [0.3, 0.4) is 0 Å². The van der Waals surface area contributed by atoms with E-state index in [4.69, 9.17) is 9.47 Å². The lowest BCUT2D eigenvalue weighted by Gasteiger charge is -2.13. The number of benzene rings is 3. The van der Waals surface area contributed by atoms with Gasteiger partial charge in [0, 0.05) is 3.57 Å². The van der Waals surface area contributed by atoms with Crippen LogP contribution in [-0.4, -0.2) is 29.1 Å². The average molecular weight is 711 g/mol. The molecule has 0 N–H and O–H groups in total. The number of halogens is 2. The molecule has 35 heavy (non-hydrogen) atoms. The van der Waals surface area contributed by atoms with Crippen LogP contribution in [0.2, 0.25) is 0 Å². The van der Waals surface area contributed by atoms with Crippen molar-refractivity contribution in [1.29, 1.82) is 0 Å². The standard InChI is InChI=1S/C26H19I2NO5S/c1-15-3-7-18(8-4-15)25(31)34-23-20(28)11-17(12-21(23)33-2)13-22-24(30)29(26(32)35-22)14-16-5-9-19(27)10-6-16/h3-13H,14H2,1-2H3/b22-13-. The molecule has 1 saturated heterocycles. The van der Waals surface area contributed by atoms with Gasteiger partial charge < -0.3 is 9.47 Å². The number of nitrogens with zero attached hydrogens (tertiary/aromatic N) is 1. The van der Waals surface area contributed by atoms with E-state index in [1.165, 1.54) is 12.0 Å². The van der Waals surface area contributed by atoms with Gasteiger partial charge in [0.1, 0.15) is 0 Å². The molecule has 0 aliphatic carbocycles. The number of carbonyl (C=O) groups excluding carboxylic acids is 3. The van der Waals surface area contributed by atoms with Crippen molar-refractivity contribution in [2.75, 3.05) is 7.11 Å². The first-order valence-electron chi connectivity index (χ1n) is 10.4. The molecule has 178 valence electrons. The summed E-state index contributed by atoms with van der Waals surface area (Å²) in [5.41, 5.74) is 3.01. The summed E-state index contributed by atoms with van der Waals surface area (Å²) < 4.78 is 12.8. The number of esters is 1. The van der Waals surface area contributed by atoms with Crippen molar-refractivity contribution < 1.29 is 23.9 Å². The number of amides is 2. The zero-order chi connectivity index (χ0) is 25.1. The first-order valence-corrected chi connectivity index (χ1v) is 13.4. The number of methoxy groups -OCH3 is 1. The van der Waals surface area contributed by atoms with E-state index in [0.717, 1.165) is 26.5 Å². The van der Waals surface area contributed by atoms with Crippen molar-refractivity contribution in [2.45, 2.75) is 13.5 Å². The van der Waals surface area contributed by atoms with Crippen LogP contribution in [0.25, 0.3) is 6.08 Å². The molecule has 0 saturated carbocycles. The van der Waals surface area contributed by atoms with Crippen LogP contribution >= 0.6 is 56.9 Å². The van der Waals surface area contributed by atoms with E-state index in [-0.39, 0.29) is 17.7 Å². The molecule has 1 aliphatic heterocycles. The largest absolute Gasteiger partial charge is 0.493 e. The number of hydrogen-bond acceptors (Lipinski definition) is 6. The van der Waals surface area contributed by atoms with Gasteiger partial charge in [-0.1, -0.05) is 29.8 Å². The van der Waals surface area contributed by atoms with Gasteiger partial charge in [-0.05, 0) is 117 Å². The Morgan fingerprint density at radius 2 is 1.71 bits per heavy atom. The maximum Gasteiger partial charge on any atom is 0.343 e. The Balaban J connectivity index is 1.55. The highest BCUT2D eigenvalue weighted by atomic mass is 127. The number of rotatable bonds is 6. The Kier molecular flexibility index (Phi) is 8.17. The fraction of sp³-hybridized carbons (Fsp3) is 0.115. The first-order chi connectivity index (χ1) is 16.7. The predicted octanol–water partition coefficient (Wildman–Crippen LogP) is 6.67. The van der Waals surface area contributed by atoms with Crippen molar-refractivity contribution in [3.8, 4) is 11.5 Å². The molecule has 9 heteroatoms. The zero-order valence-corrected chi connectivity index (χ0v) is 23.8. The van der Waals surface area contributed by atoms with E-state index in [1.54, 1.807) is 30.3 Å². The first kappa shape index (κ1) is 25.7. The predicted molar refractivity (Wildman–Crippen MR) is 153 cm³/mol. The Labute approximate surface area is 234 Å². The molecule has 0 spiro atoms. The number of ether oxygens (including phenoxy) is 2. The molecule has 3 aromatic rings. The van der Waals surface area contributed by atoms with E-state index in [9.17, 15) is 14.4 Å². The Morgan fingerprint density at radius 1 is 1.03 bits per heavy atom. The van der Waals surface area contributed by atoms with Gasteiger partial charge in [-0.15, -0.1) is 0 Å². The highest BCUT2D eigenvalue weighted by molar-refractivity contribution is 14.1. The van der Waals surface area contributed by atoms with Crippen molar-refractivity contribution in [2.24, 2.45) is 0 Å². The molecule has 0 bridgehead atoms. The third-order valence-electron chi connectivity index (χ3n) is 5.16. The highest BCUT2D eigenvalue weighted by Gasteiger charge is 2.35. The van der Waals surface area contributed by atoms with Crippen LogP contribution in [0, 0.1) is 14.1 Å². The summed E-state index contributed by atoms with van der Waals surface area (Å²) in [6, 6.07) is 18.2. The van der Waals surface area contributed by atoms with E-state index in [1.807, 2.05) is 43.3 Å². The number of aryl methyl sites for hydroxylation is 1.